The van der Waals surface area contributed by atoms with Crippen molar-refractivity contribution < 1.29 is 9.53 Å². The molecule has 3 aromatic heterocycles. The number of esters is 1. The van der Waals surface area contributed by atoms with Gasteiger partial charge in [-0.3, -0.25) is 4.79 Å². The first-order valence-electron chi connectivity index (χ1n) is 9.89. The van der Waals surface area contributed by atoms with Crippen molar-refractivity contribution >= 4 is 29.2 Å². The zero-order chi connectivity index (χ0) is 22.3. The number of rotatable bonds is 7. The molecule has 0 aliphatic heterocycles. The first-order chi connectivity index (χ1) is 15.6. The van der Waals surface area contributed by atoms with E-state index in [0.29, 0.717) is 29.1 Å². The molecule has 32 heavy (non-hydrogen) atoms. The molecule has 9 heteroatoms. The van der Waals surface area contributed by atoms with E-state index >= 15 is 0 Å². The van der Waals surface area contributed by atoms with Gasteiger partial charge in [-0.25, -0.2) is 19.9 Å². The molecule has 0 radical (unpaired) electrons. The Hall–Kier alpha value is -4.40. The van der Waals surface area contributed by atoms with Crippen LogP contribution in [0.4, 0.5) is 23.3 Å². The van der Waals surface area contributed by atoms with Gasteiger partial charge in [0.2, 0.25) is 5.95 Å². The maximum absolute atomic E-state index is 11.4. The van der Waals surface area contributed by atoms with E-state index < -0.39 is 0 Å². The van der Waals surface area contributed by atoms with E-state index in [9.17, 15) is 4.79 Å². The highest BCUT2D eigenvalue weighted by Crippen LogP contribution is 2.19. The third-order valence-electron chi connectivity index (χ3n) is 4.47. The van der Waals surface area contributed by atoms with Gasteiger partial charge in [-0.2, -0.15) is 4.98 Å². The minimum absolute atomic E-state index is 0.228. The van der Waals surface area contributed by atoms with E-state index in [1.807, 2.05) is 49.4 Å². The van der Waals surface area contributed by atoms with Crippen molar-refractivity contribution in [2.45, 2.75) is 13.3 Å². The number of hydrogen-bond donors (Lipinski definition) is 2. The third-order valence-corrected chi connectivity index (χ3v) is 4.47. The average molecular weight is 427 g/mol. The lowest BCUT2D eigenvalue weighted by molar-refractivity contribution is -0.139. The maximum Gasteiger partial charge on any atom is 0.309 e. The van der Waals surface area contributed by atoms with Gasteiger partial charge in [-0.05, 0) is 48.9 Å². The second-order valence-corrected chi connectivity index (χ2v) is 6.90. The van der Waals surface area contributed by atoms with Crippen LogP contribution in [0.5, 0.6) is 0 Å². The van der Waals surface area contributed by atoms with Crippen LogP contribution < -0.4 is 10.6 Å². The molecule has 1 aromatic carbocycles. The maximum atomic E-state index is 11.4. The Bertz CT molecular complexity index is 1230. The van der Waals surface area contributed by atoms with E-state index in [4.69, 9.17) is 0 Å². The molecule has 160 valence electrons. The summed E-state index contributed by atoms with van der Waals surface area (Å²) in [4.78, 5) is 33.4. The van der Waals surface area contributed by atoms with Gasteiger partial charge in [0.1, 0.15) is 17.3 Å². The van der Waals surface area contributed by atoms with Gasteiger partial charge < -0.3 is 15.4 Å². The van der Waals surface area contributed by atoms with Crippen molar-refractivity contribution in [3.05, 3.63) is 78.2 Å². The SMILES string of the molecule is COC(=O)Cc1ccc(Nc2nccc(Nc3ccnc(-c4cccc(C)n4)n3)n2)cc1. The lowest BCUT2D eigenvalue weighted by Crippen LogP contribution is -2.04. The molecule has 0 aliphatic carbocycles. The number of ether oxygens (including phenoxy) is 1. The summed E-state index contributed by atoms with van der Waals surface area (Å²) in [5.74, 6) is 1.84. The average Bonchev–Trinajstić information content (AvgIpc) is 2.81. The Morgan fingerprint density at radius 3 is 2.38 bits per heavy atom. The Morgan fingerprint density at radius 2 is 1.62 bits per heavy atom. The largest absolute Gasteiger partial charge is 0.469 e. The van der Waals surface area contributed by atoms with Gasteiger partial charge >= 0.3 is 5.97 Å². The van der Waals surface area contributed by atoms with Crippen LogP contribution in [0.2, 0.25) is 0 Å². The molecule has 4 aromatic rings. The second kappa shape index (κ2) is 9.61. The fourth-order valence-corrected chi connectivity index (χ4v) is 2.91. The van der Waals surface area contributed by atoms with E-state index in [0.717, 1.165) is 16.9 Å². The third kappa shape index (κ3) is 5.39. The number of aromatic nitrogens is 5. The molecule has 3 heterocycles. The first-order valence-corrected chi connectivity index (χ1v) is 9.89. The molecule has 9 nitrogen and oxygen atoms in total. The van der Waals surface area contributed by atoms with Gasteiger partial charge in [0.25, 0.3) is 0 Å². The van der Waals surface area contributed by atoms with Crippen molar-refractivity contribution in [3.8, 4) is 11.5 Å². The second-order valence-electron chi connectivity index (χ2n) is 6.90. The van der Waals surface area contributed by atoms with Crippen molar-refractivity contribution in [1.82, 2.24) is 24.9 Å². The smallest absolute Gasteiger partial charge is 0.309 e. The fourth-order valence-electron chi connectivity index (χ4n) is 2.91. The number of aryl methyl sites for hydroxylation is 1. The fraction of sp³-hybridized carbons (Fsp3) is 0.130. The zero-order valence-corrected chi connectivity index (χ0v) is 17.6. The molecule has 0 atom stereocenters. The summed E-state index contributed by atoms with van der Waals surface area (Å²) in [6.07, 6.45) is 3.55. The number of carbonyl (C=O) groups excluding carboxylic acids is 1. The summed E-state index contributed by atoms with van der Waals surface area (Å²) < 4.78 is 4.69. The Labute approximate surface area is 185 Å². The highest BCUT2D eigenvalue weighted by Gasteiger charge is 2.07. The van der Waals surface area contributed by atoms with E-state index in [1.165, 1.54) is 7.11 Å². The summed E-state index contributed by atoms with van der Waals surface area (Å²) in [6, 6.07) is 16.6. The van der Waals surface area contributed by atoms with Crippen LogP contribution in [0.25, 0.3) is 11.5 Å². The summed E-state index contributed by atoms with van der Waals surface area (Å²) >= 11 is 0. The molecule has 0 amide bonds. The van der Waals surface area contributed by atoms with Gasteiger partial charge in [-0.15, -0.1) is 0 Å². The minimum Gasteiger partial charge on any atom is -0.469 e. The van der Waals surface area contributed by atoms with Crippen molar-refractivity contribution in [1.29, 1.82) is 0 Å². The summed E-state index contributed by atoms with van der Waals surface area (Å²) in [5.41, 5.74) is 3.26. The summed E-state index contributed by atoms with van der Waals surface area (Å²) in [6.45, 7) is 1.92. The van der Waals surface area contributed by atoms with Crippen LogP contribution >= 0.6 is 0 Å². The number of nitrogens with one attached hydrogen (secondary N) is 2. The molecular formula is C23H21N7O2. The van der Waals surface area contributed by atoms with Gasteiger partial charge in [0, 0.05) is 23.8 Å². The zero-order valence-electron chi connectivity index (χ0n) is 17.6. The lowest BCUT2D eigenvalue weighted by Gasteiger charge is -2.09. The summed E-state index contributed by atoms with van der Waals surface area (Å²) in [7, 11) is 1.37. The molecule has 0 bridgehead atoms. The van der Waals surface area contributed by atoms with Crippen molar-refractivity contribution in [2.24, 2.45) is 0 Å². The van der Waals surface area contributed by atoms with E-state index in [2.05, 4.69) is 40.3 Å². The highest BCUT2D eigenvalue weighted by molar-refractivity contribution is 5.72. The van der Waals surface area contributed by atoms with Crippen LogP contribution in [0.3, 0.4) is 0 Å². The Morgan fingerprint density at radius 1 is 0.875 bits per heavy atom. The van der Waals surface area contributed by atoms with Gasteiger partial charge in [-0.1, -0.05) is 18.2 Å². The summed E-state index contributed by atoms with van der Waals surface area (Å²) in [5, 5.41) is 6.32. The molecule has 0 saturated heterocycles. The van der Waals surface area contributed by atoms with Crippen LogP contribution in [-0.4, -0.2) is 38.0 Å². The van der Waals surface area contributed by atoms with Crippen molar-refractivity contribution in [3.63, 3.8) is 0 Å². The highest BCUT2D eigenvalue weighted by atomic mass is 16.5. The normalized spacial score (nSPS) is 10.4. The molecule has 0 saturated carbocycles. The number of methoxy groups -OCH3 is 1. The molecule has 4 rings (SSSR count). The van der Waals surface area contributed by atoms with Crippen LogP contribution in [-0.2, 0) is 16.0 Å². The number of nitrogens with zero attached hydrogens (tertiary/aromatic N) is 5. The molecule has 2 N–H and O–H groups in total. The van der Waals surface area contributed by atoms with Crippen molar-refractivity contribution in [2.75, 3.05) is 17.7 Å². The quantitative estimate of drug-likeness (QED) is 0.424. The predicted octanol–water partition coefficient (Wildman–Crippen LogP) is 3.84. The standard InChI is InChI=1S/C23H21N7O2/c1-15-4-3-5-18(26-15)22-24-12-10-19(29-22)28-20-11-13-25-23(30-20)27-17-8-6-16(7-9-17)14-21(31)32-2/h3-13H,14H2,1-2H3,(H2,24,25,27,28,29,30). The lowest BCUT2D eigenvalue weighted by atomic mass is 10.1. The number of benzene rings is 1. The van der Waals surface area contributed by atoms with E-state index in [-0.39, 0.29) is 12.4 Å². The molecular weight excluding hydrogens is 406 g/mol. The predicted molar refractivity (Wildman–Crippen MR) is 121 cm³/mol. The molecule has 0 fully saturated rings. The van der Waals surface area contributed by atoms with Gasteiger partial charge in [0.15, 0.2) is 5.82 Å². The van der Waals surface area contributed by atoms with E-state index in [1.54, 1.807) is 24.5 Å². The number of carbonyl (C=O) groups is 1. The van der Waals surface area contributed by atoms with Crippen LogP contribution in [0.15, 0.2) is 67.0 Å². The van der Waals surface area contributed by atoms with Crippen LogP contribution in [0, 0.1) is 6.92 Å². The minimum atomic E-state index is -0.279. The van der Waals surface area contributed by atoms with Crippen LogP contribution in [0.1, 0.15) is 11.3 Å². The number of anilines is 4. The molecule has 0 aliphatic rings. The monoisotopic (exact) mass is 427 g/mol. The number of pyridine rings is 1. The van der Waals surface area contributed by atoms with Gasteiger partial charge in [0.05, 0.1) is 13.5 Å². The molecule has 0 unspecified atom stereocenters. The Kier molecular flexibility index (Phi) is 6.26. The number of hydrogen-bond acceptors (Lipinski definition) is 9. The topological polar surface area (TPSA) is 115 Å². The molecule has 0 spiro atoms. The Balaban J connectivity index is 1.46. The first kappa shape index (κ1) is 20.9.